The number of hydrogen-bond acceptors (Lipinski definition) is 4. The Kier molecular flexibility index (Phi) is 6.72. The van der Waals surface area contributed by atoms with Crippen LogP contribution in [-0.4, -0.2) is 26.2 Å². The van der Waals surface area contributed by atoms with Crippen molar-refractivity contribution in [2.75, 3.05) is 25.2 Å². The van der Waals surface area contributed by atoms with E-state index in [2.05, 4.69) is 0 Å². The Hall–Kier alpha value is -2.04. The molecule has 0 amide bonds. The lowest BCUT2D eigenvalue weighted by molar-refractivity contribution is -0.138. The summed E-state index contributed by atoms with van der Waals surface area (Å²) in [4.78, 5) is 13.7. The Morgan fingerprint density at radius 3 is 2.24 bits per heavy atom. The number of anilines is 1. The molecular formula is C16H22FNO3. The summed E-state index contributed by atoms with van der Waals surface area (Å²) in [5, 5.41) is 0. The molecule has 0 spiro atoms. The Morgan fingerprint density at radius 2 is 1.81 bits per heavy atom. The third kappa shape index (κ3) is 4.21. The maximum atomic E-state index is 14.2. The third-order valence-electron chi connectivity index (χ3n) is 3.01. The molecule has 0 fully saturated rings. The van der Waals surface area contributed by atoms with Gasteiger partial charge in [-0.1, -0.05) is 6.92 Å². The fourth-order valence-corrected chi connectivity index (χ4v) is 1.97. The van der Waals surface area contributed by atoms with E-state index in [1.54, 1.807) is 50.1 Å². The lowest BCUT2D eigenvalue weighted by Gasteiger charge is -2.25. The summed E-state index contributed by atoms with van der Waals surface area (Å²) in [5.41, 5.74) is 0.678. The summed E-state index contributed by atoms with van der Waals surface area (Å²) in [7, 11) is 1.58. The van der Waals surface area contributed by atoms with Crippen molar-refractivity contribution in [3.05, 3.63) is 35.8 Å². The molecule has 0 saturated carbocycles. The largest absolute Gasteiger partial charge is 0.497 e. The Balaban J connectivity index is 3.20. The number of benzene rings is 1. The van der Waals surface area contributed by atoms with Crippen molar-refractivity contribution in [1.29, 1.82) is 0 Å². The number of ether oxygens (including phenoxy) is 2. The Bertz CT molecular complexity index is 497. The highest BCUT2D eigenvalue weighted by Crippen LogP contribution is 2.26. The van der Waals surface area contributed by atoms with Gasteiger partial charge in [-0.3, -0.25) is 0 Å². The van der Waals surface area contributed by atoms with Gasteiger partial charge in [0.1, 0.15) is 11.6 Å². The van der Waals surface area contributed by atoms with Crippen LogP contribution in [0.4, 0.5) is 10.1 Å². The molecular weight excluding hydrogens is 273 g/mol. The highest BCUT2D eigenvalue weighted by molar-refractivity contribution is 5.93. The van der Waals surface area contributed by atoms with E-state index in [0.717, 1.165) is 0 Å². The van der Waals surface area contributed by atoms with E-state index in [-0.39, 0.29) is 18.7 Å². The van der Waals surface area contributed by atoms with E-state index < -0.39 is 11.8 Å². The number of nitrogens with zero attached hydrogens (tertiary/aromatic N) is 1. The van der Waals surface area contributed by atoms with Crippen LogP contribution in [0.15, 0.2) is 35.8 Å². The predicted octanol–water partition coefficient (Wildman–Crippen LogP) is 3.68. The zero-order valence-corrected chi connectivity index (χ0v) is 13.0. The smallest absolute Gasteiger partial charge is 0.357 e. The molecule has 0 atom stereocenters. The molecule has 0 heterocycles. The van der Waals surface area contributed by atoms with Crippen LogP contribution in [0.1, 0.15) is 27.2 Å². The number of carbonyl (C=O) groups excluding carboxylic acids is 1. The predicted molar refractivity (Wildman–Crippen MR) is 81.1 cm³/mol. The first-order chi connectivity index (χ1) is 10.1. The average Bonchev–Trinajstić information content (AvgIpc) is 2.52. The van der Waals surface area contributed by atoms with Crippen molar-refractivity contribution < 1.29 is 18.7 Å². The summed E-state index contributed by atoms with van der Waals surface area (Å²) in [5.74, 6) is -0.423. The summed E-state index contributed by atoms with van der Waals surface area (Å²) < 4.78 is 24.2. The summed E-state index contributed by atoms with van der Waals surface area (Å²) >= 11 is 0. The number of allylic oxidation sites excluding steroid dienone is 1. The molecule has 1 rings (SSSR count). The topological polar surface area (TPSA) is 38.8 Å². The van der Waals surface area contributed by atoms with Gasteiger partial charge < -0.3 is 14.4 Å². The molecule has 0 N–H and O–H groups in total. The molecule has 1 aromatic carbocycles. The van der Waals surface area contributed by atoms with E-state index in [0.29, 0.717) is 18.0 Å². The number of halogens is 1. The van der Waals surface area contributed by atoms with E-state index in [9.17, 15) is 9.18 Å². The fourth-order valence-electron chi connectivity index (χ4n) is 1.97. The van der Waals surface area contributed by atoms with Crippen LogP contribution in [0.25, 0.3) is 0 Å². The maximum Gasteiger partial charge on any atom is 0.357 e. The third-order valence-corrected chi connectivity index (χ3v) is 3.01. The second-order valence-electron chi connectivity index (χ2n) is 4.27. The first-order valence-electron chi connectivity index (χ1n) is 7.06. The van der Waals surface area contributed by atoms with Crippen molar-refractivity contribution in [1.82, 2.24) is 0 Å². The lowest BCUT2D eigenvalue weighted by atomic mass is 10.2. The molecule has 0 saturated heterocycles. The first kappa shape index (κ1) is 17.0. The minimum absolute atomic E-state index is 0.0352. The van der Waals surface area contributed by atoms with Gasteiger partial charge in [0.25, 0.3) is 0 Å². The molecule has 0 aliphatic carbocycles. The molecule has 0 aromatic heterocycles. The van der Waals surface area contributed by atoms with Crippen LogP contribution in [-0.2, 0) is 9.53 Å². The highest BCUT2D eigenvalue weighted by Gasteiger charge is 2.23. The van der Waals surface area contributed by atoms with Gasteiger partial charge in [0.2, 0.25) is 0 Å². The summed E-state index contributed by atoms with van der Waals surface area (Å²) in [6.07, 6.45) is 0.140. The Morgan fingerprint density at radius 1 is 1.19 bits per heavy atom. The SMILES string of the molecule is CCOC(=O)/C(=C(\F)CC)N(CC)c1ccc(OC)cc1. The van der Waals surface area contributed by atoms with Crippen molar-refractivity contribution in [2.45, 2.75) is 27.2 Å². The maximum absolute atomic E-state index is 14.2. The van der Waals surface area contributed by atoms with E-state index in [1.807, 2.05) is 6.92 Å². The van der Waals surface area contributed by atoms with Gasteiger partial charge >= 0.3 is 5.97 Å². The zero-order valence-electron chi connectivity index (χ0n) is 13.0. The average molecular weight is 295 g/mol. The van der Waals surface area contributed by atoms with Crippen molar-refractivity contribution in [3.8, 4) is 5.75 Å². The summed E-state index contributed by atoms with van der Waals surface area (Å²) in [6, 6.07) is 7.10. The number of methoxy groups -OCH3 is 1. The number of hydrogen-bond donors (Lipinski definition) is 0. The summed E-state index contributed by atoms with van der Waals surface area (Å²) in [6.45, 7) is 5.87. The van der Waals surface area contributed by atoms with Crippen LogP contribution in [0.3, 0.4) is 0 Å². The molecule has 116 valence electrons. The van der Waals surface area contributed by atoms with Gasteiger partial charge in [0.05, 0.1) is 13.7 Å². The standard InChI is InChI=1S/C16H22FNO3/c1-5-14(17)15(16(19)21-7-3)18(6-2)12-8-10-13(20-4)11-9-12/h8-11H,5-7H2,1-4H3/b15-14+. The second-order valence-corrected chi connectivity index (χ2v) is 4.27. The number of esters is 1. The second kappa shape index (κ2) is 8.29. The van der Waals surface area contributed by atoms with Gasteiger partial charge in [-0.05, 0) is 44.5 Å². The van der Waals surface area contributed by atoms with Gasteiger partial charge in [-0.25, -0.2) is 9.18 Å². The Labute approximate surface area is 125 Å². The first-order valence-corrected chi connectivity index (χ1v) is 7.06. The number of carbonyl (C=O) groups is 1. The molecule has 0 unspecified atom stereocenters. The fraction of sp³-hybridized carbons (Fsp3) is 0.438. The quantitative estimate of drug-likeness (QED) is 0.568. The van der Waals surface area contributed by atoms with Crippen LogP contribution in [0.2, 0.25) is 0 Å². The normalized spacial score (nSPS) is 11.7. The van der Waals surface area contributed by atoms with Gasteiger partial charge in [-0.15, -0.1) is 0 Å². The van der Waals surface area contributed by atoms with Gasteiger partial charge in [-0.2, -0.15) is 0 Å². The minimum atomic E-state index is -0.644. The molecule has 0 radical (unpaired) electrons. The molecule has 5 heteroatoms. The van der Waals surface area contributed by atoms with Crippen molar-refractivity contribution >= 4 is 11.7 Å². The van der Waals surface area contributed by atoms with Crippen LogP contribution < -0.4 is 9.64 Å². The number of likely N-dealkylation sites (N-methyl/N-ethyl adjacent to an activating group) is 1. The zero-order chi connectivity index (χ0) is 15.8. The van der Waals surface area contributed by atoms with Gasteiger partial charge in [0.15, 0.2) is 5.70 Å². The van der Waals surface area contributed by atoms with Crippen LogP contribution in [0.5, 0.6) is 5.75 Å². The van der Waals surface area contributed by atoms with Crippen molar-refractivity contribution in [3.63, 3.8) is 0 Å². The molecule has 0 aliphatic rings. The van der Waals surface area contributed by atoms with E-state index in [1.165, 1.54) is 0 Å². The molecule has 0 aliphatic heterocycles. The number of rotatable bonds is 7. The minimum Gasteiger partial charge on any atom is -0.497 e. The van der Waals surface area contributed by atoms with Gasteiger partial charge in [0, 0.05) is 12.2 Å². The van der Waals surface area contributed by atoms with Crippen molar-refractivity contribution in [2.24, 2.45) is 0 Å². The highest BCUT2D eigenvalue weighted by atomic mass is 19.1. The lowest BCUT2D eigenvalue weighted by Crippen LogP contribution is -2.29. The molecule has 4 nitrogen and oxygen atoms in total. The van der Waals surface area contributed by atoms with E-state index >= 15 is 0 Å². The molecule has 1 aromatic rings. The molecule has 0 bridgehead atoms. The van der Waals surface area contributed by atoms with Crippen LogP contribution in [0, 0.1) is 0 Å². The monoisotopic (exact) mass is 295 g/mol. The van der Waals surface area contributed by atoms with Crippen LogP contribution >= 0.6 is 0 Å². The molecule has 21 heavy (non-hydrogen) atoms. The van der Waals surface area contributed by atoms with E-state index in [4.69, 9.17) is 9.47 Å².